The number of carboxylic acids is 1. The van der Waals surface area contributed by atoms with Crippen LogP contribution in [-0.4, -0.2) is 46.0 Å². The predicted octanol–water partition coefficient (Wildman–Crippen LogP) is 3.23. The largest absolute Gasteiger partial charge is 0.481 e. The van der Waals surface area contributed by atoms with Gasteiger partial charge in [-0.3, -0.25) is 19.6 Å². The van der Waals surface area contributed by atoms with Gasteiger partial charge in [-0.1, -0.05) is 48.5 Å². The number of nitrogens with zero attached hydrogens (tertiary/aromatic N) is 2. The summed E-state index contributed by atoms with van der Waals surface area (Å²) < 4.78 is 6.97. The number of carboxylic acid groups (broad SMARTS) is 1. The van der Waals surface area contributed by atoms with Crippen molar-refractivity contribution in [3.63, 3.8) is 0 Å². The number of hydrogen-bond donors (Lipinski definition) is 3. The SMILES string of the molecule is Cn1cc(NC(=O)OCC2c3ccccc3-c3ccccc32)c(C(=O)NCC2CC2C(=O)O)n1. The van der Waals surface area contributed by atoms with E-state index >= 15 is 0 Å². The highest BCUT2D eigenvalue weighted by Gasteiger charge is 2.43. The van der Waals surface area contributed by atoms with Crippen LogP contribution < -0.4 is 10.6 Å². The van der Waals surface area contributed by atoms with Crippen molar-refractivity contribution in [3.8, 4) is 11.1 Å². The summed E-state index contributed by atoms with van der Waals surface area (Å²) in [4.78, 5) is 36.2. The van der Waals surface area contributed by atoms with Crippen LogP contribution in [0.15, 0.2) is 54.7 Å². The van der Waals surface area contributed by atoms with Gasteiger partial charge in [-0.25, -0.2) is 4.79 Å². The van der Waals surface area contributed by atoms with Gasteiger partial charge in [0.2, 0.25) is 0 Å². The maximum Gasteiger partial charge on any atom is 0.411 e. The molecule has 2 unspecified atom stereocenters. The van der Waals surface area contributed by atoms with Crippen molar-refractivity contribution in [2.75, 3.05) is 18.5 Å². The van der Waals surface area contributed by atoms with Crippen LogP contribution in [0.3, 0.4) is 0 Å². The van der Waals surface area contributed by atoms with Crippen LogP contribution in [0.1, 0.15) is 34.0 Å². The lowest BCUT2D eigenvalue weighted by molar-refractivity contribution is -0.138. The van der Waals surface area contributed by atoms with Crippen molar-refractivity contribution in [1.29, 1.82) is 0 Å². The van der Waals surface area contributed by atoms with E-state index in [-0.39, 0.29) is 36.4 Å². The van der Waals surface area contributed by atoms with E-state index in [4.69, 9.17) is 9.84 Å². The molecule has 0 spiro atoms. The molecular weight excluding hydrogens is 436 g/mol. The Morgan fingerprint density at radius 2 is 1.74 bits per heavy atom. The standard InChI is InChI=1S/C25H24N4O5/c1-29-12-21(22(28-29)23(30)26-11-14-10-19(14)24(31)32)27-25(33)34-13-20-17-8-4-2-6-15(17)16-7-3-5-9-18(16)20/h2-9,12,14,19-20H,10-11,13H2,1H3,(H,26,30)(H,27,33)(H,31,32). The number of hydrogen-bond acceptors (Lipinski definition) is 5. The maximum absolute atomic E-state index is 12.6. The first-order chi connectivity index (χ1) is 16.4. The summed E-state index contributed by atoms with van der Waals surface area (Å²) >= 11 is 0. The first-order valence-electron chi connectivity index (χ1n) is 11.1. The zero-order chi connectivity index (χ0) is 23.8. The molecular formula is C25H24N4O5. The van der Waals surface area contributed by atoms with Crippen molar-refractivity contribution >= 4 is 23.7 Å². The number of anilines is 1. The molecule has 3 aromatic rings. The zero-order valence-electron chi connectivity index (χ0n) is 18.5. The van der Waals surface area contributed by atoms with Crippen molar-refractivity contribution < 1.29 is 24.2 Å². The third-order valence-electron chi connectivity index (χ3n) is 6.39. The molecule has 0 saturated heterocycles. The van der Waals surface area contributed by atoms with Gasteiger partial charge in [0.25, 0.3) is 5.91 Å². The summed E-state index contributed by atoms with van der Waals surface area (Å²) in [7, 11) is 1.64. The summed E-state index contributed by atoms with van der Waals surface area (Å²) in [6, 6.07) is 16.1. The van der Waals surface area contributed by atoms with Crippen LogP contribution in [-0.2, 0) is 16.6 Å². The quantitative estimate of drug-likeness (QED) is 0.498. The second-order valence-electron chi connectivity index (χ2n) is 8.67. The van der Waals surface area contributed by atoms with Crippen molar-refractivity contribution in [3.05, 3.63) is 71.5 Å². The summed E-state index contributed by atoms with van der Waals surface area (Å²) in [5.41, 5.74) is 4.76. The molecule has 5 rings (SSSR count). The Kier molecular flexibility index (Phi) is 5.53. The normalized spacial score (nSPS) is 18.0. The number of nitrogens with one attached hydrogen (secondary N) is 2. The minimum absolute atomic E-state index is 0.0449. The highest BCUT2D eigenvalue weighted by molar-refractivity contribution is 6.01. The van der Waals surface area contributed by atoms with Crippen LogP contribution in [0.4, 0.5) is 10.5 Å². The average Bonchev–Trinajstić information content (AvgIpc) is 3.43. The smallest absolute Gasteiger partial charge is 0.411 e. The maximum atomic E-state index is 12.6. The van der Waals surface area contributed by atoms with Gasteiger partial charge < -0.3 is 15.2 Å². The van der Waals surface area contributed by atoms with E-state index < -0.39 is 23.9 Å². The molecule has 2 amide bonds. The van der Waals surface area contributed by atoms with Crippen LogP contribution >= 0.6 is 0 Å². The fourth-order valence-corrected chi connectivity index (χ4v) is 4.58. The zero-order valence-corrected chi connectivity index (χ0v) is 18.5. The first-order valence-corrected chi connectivity index (χ1v) is 11.1. The number of amides is 2. The van der Waals surface area contributed by atoms with E-state index in [1.165, 1.54) is 10.9 Å². The van der Waals surface area contributed by atoms with Crippen LogP contribution in [0.25, 0.3) is 11.1 Å². The Hall–Kier alpha value is -4.14. The monoisotopic (exact) mass is 460 g/mol. The molecule has 1 saturated carbocycles. The molecule has 34 heavy (non-hydrogen) atoms. The van der Waals surface area contributed by atoms with E-state index in [0.29, 0.717) is 6.42 Å². The second kappa shape index (κ2) is 8.66. The number of rotatable bonds is 7. The fourth-order valence-electron chi connectivity index (χ4n) is 4.58. The Labute approximate surface area is 195 Å². The van der Waals surface area contributed by atoms with Gasteiger partial charge in [-0.2, -0.15) is 5.10 Å². The third kappa shape index (κ3) is 4.12. The number of benzene rings is 2. The lowest BCUT2D eigenvalue weighted by atomic mass is 9.98. The van der Waals surface area contributed by atoms with Crippen molar-refractivity contribution in [2.24, 2.45) is 18.9 Å². The molecule has 2 atom stereocenters. The van der Waals surface area contributed by atoms with Crippen molar-refractivity contribution in [1.82, 2.24) is 15.1 Å². The predicted molar refractivity (Wildman–Crippen MR) is 123 cm³/mol. The molecule has 2 aliphatic rings. The number of aliphatic carboxylic acids is 1. The summed E-state index contributed by atoms with van der Waals surface area (Å²) in [6.07, 6.45) is 1.38. The number of carbonyl (C=O) groups is 3. The van der Waals surface area contributed by atoms with E-state index in [9.17, 15) is 14.4 Å². The molecule has 2 aromatic carbocycles. The molecule has 1 aromatic heterocycles. The molecule has 1 heterocycles. The second-order valence-corrected chi connectivity index (χ2v) is 8.67. The van der Waals surface area contributed by atoms with E-state index in [0.717, 1.165) is 22.3 Å². The molecule has 2 aliphatic carbocycles. The summed E-state index contributed by atoms with van der Waals surface area (Å²) in [5, 5.41) is 18.4. The third-order valence-corrected chi connectivity index (χ3v) is 6.39. The van der Waals surface area contributed by atoms with Gasteiger partial charge in [0, 0.05) is 25.7 Å². The van der Waals surface area contributed by atoms with Gasteiger partial charge in [-0.15, -0.1) is 0 Å². The fraction of sp³-hybridized carbons (Fsp3) is 0.280. The molecule has 1 fully saturated rings. The van der Waals surface area contributed by atoms with Gasteiger partial charge in [-0.05, 0) is 34.6 Å². The number of carbonyl (C=O) groups excluding carboxylic acids is 2. The van der Waals surface area contributed by atoms with Gasteiger partial charge >= 0.3 is 12.1 Å². The Morgan fingerprint density at radius 1 is 1.09 bits per heavy atom. The van der Waals surface area contributed by atoms with E-state index in [1.807, 2.05) is 36.4 Å². The highest BCUT2D eigenvalue weighted by atomic mass is 16.5. The highest BCUT2D eigenvalue weighted by Crippen LogP contribution is 2.44. The molecule has 0 bridgehead atoms. The summed E-state index contributed by atoms with van der Waals surface area (Å²) in [5.74, 6) is -1.90. The van der Waals surface area contributed by atoms with Gasteiger partial charge in [0.05, 0.1) is 11.6 Å². The van der Waals surface area contributed by atoms with Gasteiger partial charge in [0.1, 0.15) is 6.61 Å². The molecule has 3 N–H and O–H groups in total. The van der Waals surface area contributed by atoms with Gasteiger partial charge in [0.15, 0.2) is 5.69 Å². The number of fused-ring (bicyclic) bond motifs is 3. The minimum atomic E-state index is -0.852. The summed E-state index contributed by atoms with van der Waals surface area (Å²) in [6.45, 7) is 0.399. The van der Waals surface area contributed by atoms with Crippen molar-refractivity contribution in [2.45, 2.75) is 12.3 Å². The van der Waals surface area contributed by atoms with E-state index in [1.54, 1.807) is 7.05 Å². The van der Waals surface area contributed by atoms with E-state index in [2.05, 4.69) is 27.9 Å². The lowest BCUT2D eigenvalue weighted by Gasteiger charge is -2.14. The number of ether oxygens (including phenoxy) is 1. The van der Waals surface area contributed by atoms with Crippen LogP contribution in [0.2, 0.25) is 0 Å². The molecule has 9 heteroatoms. The molecule has 9 nitrogen and oxygen atoms in total. The van der Waals surface area contributed by atoms with Crippen LogP contribution in [0, 0.1) is 11.8 Å². The molecule has 0 aliphatic heterocycles. The topological polar surface area (TPSA) is 123 Å². The Morgan fingerprint density at radius 3 is 2.35 bits per heavy atom. The lowest BCUT2D eigenvalue weighted by Crippen LogP contribution is -2.28. The molecule has 0 radical (unpaired) electrons. The number of aromatic nitrogens is 2. The minimum Gasteiger partial charge on any atom is -0.481 e. The van der Waals surface area contributed by atoms with Crippen LogP contribution in [0.5, 0.6) is 0 Å². The first kappa shape index (κ1) is 21.7. The Bertz CT molecular complexity index is 1240. The number of aryl methyl sites for hydroxylation is 1. The molecule has 174 valence electrons. The average molecular weight is 460 g/mol. The Balaban J connectivity index is 1.22.